The van der Waals surface area contributed by atoms with Crippen molar-refractivity contribution in [3.63, 3.8) is 0 Å². The van der Waals surface area contributed by atoms with Crippen molar-refractivity contribution in [2.45, 2.75) is 51.4 Å². The molecule has 0 radical (unpaired) electrons. The molecule has 3 aliphatic heterocycles. The molecule has 192 valence electrons. The first-order valence-corrected chi connectivity index (χ1v) is 13.8. The zero-order chi connectivity index (χ0) is 25.1. The second kappa shape index (κ2) is 11.2. The molecule has 3 saturated heterocycles. The van der Waals surface area contributed by atoms with Crippen molar-refractivity contribution >= 4 is 29.1 Å². The van der Waals surface area contributed by atoms with Gasteiger partial charge in [0.1, 0.15) is 0 Å². The molecule has 2 aromatic rings. The lowest BCUT2D eigenvalue weighted by molar-refractivity contribution is -0.130. The number of piperidine rings is 2. The second-order valence-corrected chi connectivity index (χ2v) is 11.2. The van der Waals surface area contributed by atoms with Gasteiger partial charge in [-0.25, -0.2) is 0 Å². The number of hydrogen-bond acceptors (Lipinski definition) is 4. The minimum Gasteiger partial charge on any atom is -0.371 e. The minimum atomic E-state index is 0.0256. The van der Waals surface area contributed by atoms with Gasteiger partial charge in [-0.05, 0) is 86.3 Å². The molecular formula is C29H37ClN4O2. The van der Waals surface area contributed by atoms with E-state index in [1.54, 1.807) is 6.92 Å². The number of benzene rings is 1. The van der Waals surface area contributed by atoms with Crippen LogP contribution in [0.2, 0.25) is 5.02 Å². The topological polar surface area (TPSA) is 56.8 Å². The fourth-order valence-electron chi connectivity index (χ4n) is 6.28. The quantitative estimate of drug-likeness (QED) is 0.555. The predicted octanol–water partition coefficient (Wildman–Crippen LogP) is 5.23. The molecule has 3 fully saturated rings. The highest BCUT2D eigenvalue weighted by atomic mass is 35.5. The van der Waals surface area contributed by atoms with Gasteiger partial charge in [0, 0.05) is 70.2 Å². The zero-order valence-corrected chi connectivity index (χ0v) is 22.0. The first-order valence-electron chi connectivity index (χ1n) is 13.5. The number of carbonyl (C=O) groups is 2. The van der Waals surface area contributed by atoms with Gasteiger partial charge in [-0.3, -0.25) is 14.6 Å². The van der Waals surface area contributed by atoms with E-state index in [0.717, 1.165) is 76.1 Å². The Morgan fingerprint density at radius 3 is 2.17 bits per heavy atom. The average molecular weight is 509 g/mol. The van der Waals surface area contributed by atoms with Crippen molar-refractivity contribution in [1.29, 1.82) is 0 Å². The standard InChI is InChI=1S/C29H37ClN4O2/c1-21(35)32-13-6-22(7-14-32)18-23-8-15-33(16-9-23)26-2-3-27(28(30)19-26)29(36)34-17-10-25(20-34)24-4-11-31-12-5-24/h2-5,11-12,19,22-23,25H,6-10,13-18,20H2,1H3. The SMILES string of the molecule is CC(=O)N1CCC(CC2CCN(c3ccc(C(=O)N4CCC(c5ccncc5)C4)c(Cl)c3)CC2)CC1. The summed E-state index contributed by atoms with van der Waals surface area (Å²) in [4.78, 5) is 35.2. The molecule has 3 aliphatic rings. The Morgan fingerprint density at radius 2 is 1.53 bits per heavy atom. The van der Waals surface area contributed by atoms with E-state index in [0.29, 0.717) is 16.5 Å². The van der Waals surface area contributed by atoms with Crippen molar-refractivity contribution in [2.24, 2.45) is 11.8 Å². The molecule has 0 bridgehead atoms. The van der Waals surface area contributed by atoms with Crippen LogP contribution in [0.1, 0.15) is 67.3 Å². The Bertz CT molecular complexity index is 1060. The number of rotatable bonds is 5. The number of likely N-dealkylation sites (tertiary alicyclic amines) is 2. The normalized spacial score (nSPS) is 21.7. The summed E-state index contributed by atoms with van der Waals surface area (Å²) >= 11 is 6.66. The van der Waals surface area contributed by atoms with E-state index < -0.39 is 0 Å². The van der Waals surface area contributed by atoms with Crippen LogP contribution in [-0.2, 0) is 4.79 Å². The van der Waals surface area contributed by atoms with E-state index >= 15 is 0 Å². The van der Waals surface area contributed by atoms with Crippen LogP contribution in [-0.4, -0.2) is 65.9 Å². The van der Waals surface area contributed by atoms with Gasteiger partial charge in [-0.15, -0.1) is 0 Å². The fraction of sp³-hybridized carbons (Fsp3) is 0.552. The van der Waals surface area contributed by atoms with Gasteiger partial charge in [0.25, 0.3) is 5.91 Å². The van der Waals surface area contributed by atoms with Gasteiger partial charge in [0.15, 0.2) is 0 Å². The molecule has 6 nitrogen and oxygen atoms in total. The monoisotopic (exact) mass is 508 g/mol. The molecule has 5 rings (SSSR count). The predicted molar refractivity (Wildman–Crippen MR) is 143 cm³/mol. The number of nitrogens with zero attached hydrogens (tertiary/aromatic N) is 4. The molecule has 1 atom stereocenters. The van der Waals surface area contributed by atoms with Gasteiger partial charge in [0.2, 0.25) is 5.91 Å². The molecule has 36 heavy (non-hydrogen) atoms. The number of hydrogen-bond donors (Lipinski definition) is 0. The molecule has 0 saturated carbocycles. The Hall–Kier alpha value is -2.60. The summed E-state index contributed by atoms with van der Waals surface area (Å²) in [6.45, 7) is 7.05. The van der Waals surface area contributed by atoms with E-state index in [4.69, 9.17) is 11.6 Å². The maximum absolute atomic E-state index is 13.2. The summed E-state index contributed by atoms with van der Waals surface area (Å²) in [5, 5.41) is 0.546. The second-order valence-electron chi connectivity index (χ2n) is 10.8. The third-order valence-corrected chi connectivity index (χ3v) is 8.85. The lowest BCUT2D eigenvalue weighted by atomic mass is 9.82. The van der Waals surface area contributed by atoms with Crippen molar-refractivity contribution in [1.82, 2.24) is 14.8 Å². The largest absolute Gasteiger partial charge is 0.371 e. The molecule has 1 aromatic heterocycles. The molecule has 0 aliphatic carbocycles. The van der Waals surface area contributed by atoms with Crippen LogP contribution in [0.3, 0.4) is 0 Å². The highest BCUT2D eigenvalue weighted by Crippen LogP contribution is 2.34. The molecule has 0 spiro atoms. The molecule has 4 heterocycles. The third kappa shape index (κ3) is 5.69. The van der Waals surface area contributed by atoms with Gasteiger partial charge in [-0.2, -0.15) is 0 Å². The smallest absolute Gasteiger partial charge is 0.255 e. The van der Waals surface area contributed by atoms with Crippen LogP contribution in [0.25, 0.3) is 0 Å². The highest BCUT2D eigenvalue weighted by Gasteiger charge is 2.30. The number of anilines is 1. The summed E-state index contributed by atoms with van der Waals surface area (Å²) in [5.41, 5.74) is 2.95. The van der Waals surface area contributed by atoms with E-state index in [-0.39, 0.29) is 11.8 Å². The van der Waals surface area contributed by atoms with Gasteiger partial charge >= 0.3 is 0 Å². The van der Waals surface area contributed by atoms with E-state index in [2.05, 4.69) is 16.0 Å². The van der Waals surface area contributed by atoms with Crippen molar-refractivity contribution < 1.29 is 9.59 Å². The summed E-state index contributed by atoms with van der Waals surface area (Å²) in [6, 6.07) is 10.0. The number of halogens is 1. The number of pyridine rings is 1. The average Bonchev–Trinajstić information content (AvgIpc) is 3.40. The van der Waals surface area contributed by atoms with E-state index in [1.807, 2.05) is 46.5 Å². The zero-order valence-electron chi connectivity index (χ0n) is 21.2. The van der Waals surface area contributed by atoms with Crippen LogP contribution < -0.4 is 4.90 Å². The number of amides is 2. The summed E-state index contributed by atoms with van der Waals surface area (Å²) in [5.74, 6) is 2.11. The van der Waals surface area contributed by atoms with Crippen LogP contribution >= 0.6 is 11.6 Å². The van der Waals surface area contributed by atoms with E-state index in [1.165, 1.54) is 24.8 Å². The van der Waals surface area contributed by atoms with Crippen molar-refractivity contribution in [2.75, 3.05) is 44.2 Å². The molecular weight excluding hydrogens is 472 g/mol. The molecule has 0 N–H and O–H groups in total. The Morgan fingerprint density at radius 1 is 0.889 bits per heavy atom. The Balaban J connectivity index is 1.12. The van der Waals surface area contributed by atoms with Crippen LogP contribution in [0.15, 0.2) is 42.7 Å². The number of aromatic nitrogens is 1. The summed E-state index contributed by atoms with van der Waals surface area (Å²) < 4.78 is 0. The Labute approximate surface area is 219 Å². The first-order chi connectivity index (χ1) is 17.5. The summed E-state index contributed by atoms with van der Waals surface area (Å²) in [7, 11) is 0. The van der Waals surface area contributed by atoms with Crippen molar-refractivity contribution in [3.05, 3.63) is 58.9 Å². The maximum Gasteiger partial charge on any atom is 0.255 e. The lowest BCUT2D eigenvalue weighted by Gasteiger charge is -2.37. The minimum absolute atomic E-state index is 0.0256. The van der Waals surface area contributed by atoms with Crippen LogP contribution in [0.4, 0.5) is 5.69 Å². The summed E-state index contributed by atoms with van der Waals surface area (Å²) in [6.07, 6.45) is 10.6. The maximum atomic E-state index is 13.2. The third-order valence-electron chi connectivity index (χ3n) is 8.54. The molecule has 7 heteroatoms. The van der Waals surface area contributed by atoms with Gasteiger partial charge < -0.3 is 14.7 Å². The molecule has 1 aromatic carbocycles. The first kappa shape index (κ1) is 25.1. The van der Waals surface area contributed by atoms with Gasteiger partial charge in [0.05, 0.1) is 10.6 Å². The van der Waals surface area contributed by atoms with E-state index in [9.17, 15) is 9.59 Å². The lowest BCUT2D eigenvalue weighted by Crippen LogP contribution is -2.38. The van der Waals surface area contributed by atoms with Crippen LogP contribution in [0.5, 0.6) is 0 Å². The molecule has 1 unspecified atom stereocenters. The number of carbonyl (C=O) groups excluding carboxylic acids is 2. The highest BCUT2D eigenvalue weighted by molar-refractivity contribution is 6.34. The Kier molecular flexibility index (Phi) is 7.80. The fourth-order valence-corrected chi connectivity index (χ4v) is 6.53. The van der Waals surface area contributed by atoms with Crippen molar-refractivity contribution in [3.8, 4) is 0 Å². The van der Waals surface area contributed by atoms with Crippen LogP contribution in [0, 0.1) is 11.8 Å². The molecule has 2 amide bonds. The van der Waals surface area contributed by atoms with Gasteiger partial charge in [-0.1, -0.05) is 11.6 Å².